The number of nitrogens with one attached hydrogen (secondary N) is 1. The average molecular weight is 606 g/mol. The van der Waals surface area contributed by atoms with Gasteiger partial charge in [0.2, 0.25) is 18.6 Å². The first kappa shape index (κ1) is 29.6. The van der Waals surface area contributed by atoms with Crippen LogP contribution in [0.2, 0.25) is 0 Å². The van der Waals surface area contributed by atoms with E-state index in [0.29, 0.717) is 35.0 Å². The number of amides is 2. The van der Waals surface area contributed by atoms with Crippen LogP contribution in [0.4, 0.5) is 5.69 Å². The van der Waals surface area contributed by atoms with Gasteiger partial charge >= 0.3 is 0 Å². The molecule has 1 fully saturated rings. The SMILES string of the molecule is O=C(CS)N1CCN(Cc2ccc3c(c2)OCO3)CC1.O=C(CS)Nc1ccc2c(=O)cc(-c3ccccc3)oc2c1. The first-order valence-corrected chi connectivity index (χ1v) is 14.7. The maximum absolute atomic E-state index is 12.2. The zero-order chi connectivity index (χ0) is 29.5. The normalized spacial score (nSPS) is 14.3. The number of hydrogen-bond acceptors (Lipinski definition) is 9. The summed E-state index contributed by atoms with van der Waals surface area (Å²) in [5, 5.41) is 3.16. The highest BCUT2D eigenvalue weighted by atomic mass is 32.1. The number of nitrogens with zero attached hydrogens (tertiary/aromatic N) is 2. The summed E-state index contributed by atoms with van der Waals surface area (Å²) in [6.45, 7) is 4.54. The van der Waals surface area contributed by atoms with E-state index in [0.717, 1.165) is 49.8 Å². The highest BCUT2D eigenvalue weighted by molar-refractivity contribution is 7.81. The Morgan fingerprint density at radius 2 is 1.60 bits per heavy atom. The van der Waals surface area contributed by atoms with E-state index in [1.54, 1.807) is 18.2 Å². The third-order valence-electron chi connectivity index (χ3n) is 6.92. The van der Waals surface area contributed by atoms with Gasteiger partial charge in [0.05, 0.1) is 16.9 Å². The molecule has 0 radical (unpaired) electrons. The number of carbonyl (C=O) groups excluding carboxylic acids is 2. The van der Waals surface area contributed by atoms with Crippen LogP contribution in [0, 0.1) is 0 Å². The third-order valence-corrected chi connectivity index (χ3v) is 7.48. The number of ether oxygens (including phenoxy) is 2. The Morgan fingerprint density at radius 3 is 2.33 bits per heavy atom. The van der Waals surface area contributed by atoms with Crippen LogP contribution in [-0.2, 0) is 16.1 Å². The number of piperazine rings is 1. The first-order chi connectivity index (χ1) is 20.4. The van der Waals surface area contributed by atoms with Crippen molar-refractivity contribution in [3.8, 4) is 22.8 Å². The molecule has 0 bridgehead atoms. The summed E-state index contributed by atoms with van der Waals surface area (Å²) in [5.41, 5.74) is 2.92. The maximum Gasteiger partial charge on any atom is 0.234 e. The maximum atomic E-state index is 12.2. The molecule has 1 aromatic heterocycles. The number of fused-ring (bicyclic) bond motifs is 2. The van der Waals surface area contributed by atoms with Crippen molar-refractivity contribution in [2.45, 2.75) is 6.54 Å². The predicted octanol–water partition coefficient (Wildman–Crippen LogP) is 4.32. The van der Waals surface area contributed by atoms with Crippen molar-refractivity contribution in [1.29, 1.82) is 0 Å². The van der Waals surface area contributed by atoms with E-state index in [4.69, 9.17) is 13.9 Å². The summed E-state index contributed by atoms with van der Waals surface area (Å²) in [6.07, 6.45) is 0. The van der Waals surface area contributed by atoms with Crippen LogP contribution in [0.5, 0.6) is 11.5 Å². The lowest BCUT2D eigenvalue weighted by Crippen LogP contribution is -2.48. The van der Waals surface area contributed by atoms with Crippen molar-refractivity contribution >= 4 is 53.7 Å². The molecular weight excluding hydrogens is 574 g/mol. The van der Waals surface area contributed by atoms with Crippen molar-refractivity contribution in [2.75, 3.05) is 49.8 Å². The summed E-state index contributed by atoms with van der Waals surface area (Å²) in [6, 6.07) is 21.9. The molecule has 2 aliphatic rings. The summed E-state index contributed by atoms with van der Waals surface area (Å²) in [4.78, 5) is 39.4. The molecule has 1 saturated heterocycles. The van der Waals surface area contributed by atoms with E-state index in [9.17, 15) is 14.4 Å². The van der Waals surface area contributed by atoms with Gasteiger partial charge < -0.3 is 24.1 Å². The molecule has 9 nitrogen and oxygen atoms in total. The predicted molar refractivity (Wildman–Crippen MR) is 169 cm³/mol. The molecule has 0 spiro atoms. The van der Waals surface area contributed by atoms with Crippen LogP contribution < -0.4 is 20.2 Å². The van der Waals surface area contributed by atoms with Gasteiger partial charge in [0.1, 0.15) is 11.3 Å². The summed E-state index contributed by atoms with van der Waals surface area (Å²) in [7, 11) is 0. The monoisotopic (exact) mass is 605 g/mol. The fourth-order valence-electron chi connectivity index (χ4n) is 4.73. The smallest absolute Gasteiger partial charge is 0.234 e. The van der Waals surface area contributed by atoms with Crippen LogP contribution in [-0.4, -0.2) is 66.1 Å². The lowest BCUT2D eigenvalue weighted by Gasteiger charge is -2.34. The van der Waals surface area contributed by atoms with Crippen LogP contribution in [0.3, 0.4) is 0 Å². The van der Waals surface area contributed by atoms with E-state index in [1.807, 2.05) is 47.4 Å². The molecule has 4 aromatic rings. The third kappa shape index (κ3) is 7.28. The Morgan fingerprint density at radius 1 is 0.833 bits per heavy atom. The van der Waals surface area contributed by atoms with Gasteiger partial charge in [-0.05, 0) is 29.8 Å². The Labute approximate surface area is 254 Å². The fourth-order valence-corrected chi connectivity index (χ4v) is 5.01. The molecule has 218 valence electrons. The molecule has 2 amide bonds. The van der Waals surface area contributed by atoms with Gasteiger partial charge in [0.25, 0.3) is 0 Å². The Balaban J connectivity index is 0.000000169. The van der Waals surface area contributed by atoms with Crippen LogP contribution >= 0.6 is 25.3 Å². The molecule has 1 N–H and O–H groups in total. The number of rotatable bonds is 6. The van der Waals surface area contributed by atoms with Crippen molar-refractivity contribution in [3.05, 3.63) is 88.6 Å². The first-order valence-electron chi connectivity index (χ1n) is 13.5. The average Bonchev–Trinajstić information content (AvgIpc) is 3.49. The lowest BCUT2D eigenvalue weighted by atomic mass is 10.1. The molecule has 0 aliphatic carbocycles. The molecule has 42 heavy (non-hydrogen) atoms. The molecule has 3 aromatic carbocycles. The number of benzene rings is 3. The van der Waals surface area contributed by atoms with Crippen LogP contribution in [0.25, 0.3) is 22.3 Å². The summed E-state index contributed by atoms with van der Waals surface area (Å²) in [5.74, 6) is 2.43. The summed E-state index contributed by atoms with van der Waals surface area (Å²) < 4.78 is 16.5. The van der Waals surface area contributed by atoms with Gasteiger partial charge in [-0.2, -0.15) is 25.3 Å². The second kappa shape index (κ2) is 13.8. The summed E-state index contributed by atoms with van der Waals surface area (Å²) >= 11 is 7.95. The molecule has 2 aliphatic heterocycles. The van der Waals surface area contributed by atoms with E-state index >= 15 is 0 Å². The largest absolute Gasteiger partial charge is 0.456 e. The van der Waals surface area contributed by atoms with Crippen LogP contribution in [0.1, 0.15) is 5.56 Å². The number of hydrogen-bond donors (Lipinski definition) is 3. The minimum atomic E-state index is -0.218. The minimum Gasteiger partial charge on any atom is -0.456 e. The van der Waals surface area contributed by atoms with Crippen LogP contribution in [0.15, 0.2) is 82.0 Å². The van der Waals surface area contributed by atoms with Gasteiger partial charge in [-0.1, -0.05) is 36.4 Å². The molecule has 6 rings (SSSR count). The minimum absolute atomic E-state index is 0.0893. The molecule has 0 saturated carbocycles. The van der Waals surface area contributed by atoms with Gasteiger partial charge in [-0.15, -0.1) is 0 Å². The number of thiol groups is 2. The Bertz CT molecular complexity index is 1620. The van der Waals surface area contributed by atoms with Crippen molar-refractivity contribution < 1.29 is 23.5 Å². The second-order valence-corrected chi connectivity index (χ2v) is 10.4. The van der Waals surface area contributed by atoms with Gasteiger partial charge in [0.15, 0.2) is 16.9 Å². The topological polar surface area (TPSA) is 101 Å². The fraction of sp³-hybridized carbons (Fsp3) is 0.258. The van der Waals surface area contributed by atoms with Gasteiger partial charge in [-0.3, -0.25) is 19.3 Å². The van der Waals surface area contributed by atoms with Crippen molar-refractivity contribution in [3.63, 3.8) is 0 Å². The molecule has 3 heterocycles. The Kier molecular flexibility index (Phi) is 9.73. The zero-order valence-corrected chi connectivity index (χ0v) is 24.6. The highest BCUT2D eigenvalue weighted by Gasteiger charge is 2.21. The van der Waals surface area contributed by atoms with E-state index in [2.05, 4.69) is 41.5 Å². The molecule has 11 heteroatoms. The Hall–Kier alpha value is -3.93. The van der Waals surface area contributed by atoms with Crippen molar-refractivity contribution in [2.24, 2.45) is 0 Å². The molecular formula is C31H31N3O6S2. The molecule has 0 unspecified atom stereocenters. The number of carbonyl (C=O) groups is 2. The second-order valence-electron chi connectivity index (χ2n) is 9.76. The lowest BCUT2D eigenvalue weighted by molar-refractivity contribution is -0.130. The van der Waals surface area contributed by atoms with E-state index in [1.165, 1.54) is 11.6 Å². The quantitative estimate of drug-likeness (QED) is 0.282. The van der Waals surface area contributed by atoms with Gasteiger partial charge in [-0.25, -0.2) is 0 Å². The van der Waals surface area contributed by atoms with E-state index < -0.39 is 0 Å². The van der Waals surface area contributed by atoms with Crippen molar-refractivity contribution in [1.82, 2.24) is 9.80 Å². The number of anilines is 1. The standard InChI is InChI=1S/C17H13NO3S.C14H18N2O3S/c19-14-9-15(11-4-2-1-3-5-11)21-16-8-12(6-7-13(14)16)18-17(20)10-22;17-14(9-20)16-5-3-15(4-6-16)8-11-1-2-12-13(7-11)19-10-18-12/h1-9,22H,10H2,(H,18,20);1-2,7,20H,3-6,8-10H2. The molecule has 0 atom stereocenters. The zero-order valence-electron chi connectivity index (χ0n) is 22.8. The van der Waals surface area contributed by atoms with E-state index in [-0.39, 0.29) is 23.0 Å². The van der Waals surface area contributed by atoms with Gasteiger partial charge in [0, 0.05) is 56.1 Å². The highest BCUT2D eigenvalue weighted by Crippen LogP contribution is 2.33.